The minimum Gasteiger partial charge on any atom is -0.508 e. The fraction of sp³-hybridized carbons (Fsp3) is 0.500. The number of benzene rings is 1. The second-order valence-electron chi connectivity index (χ2n) is 5.21. The molecular formula is C14H19NO4. The van der Waals surface area contributed by atoms with Gasteiger partial charge in [-0.05, 0) is 31.9 Å². The molecule has 104 valence electrons. The molecule has 1 saturated heterocycles. The lowest BCUT2D eigenvalue weighted by atomic mass is 10.0. The minimum atomic E-state index is -0.824. The van der Waals surface area contributed by atoms with Crippen LogP contribution in [0.2, 0.25) is 0 Å². The van der Waals surface area contributed by atoms with Gasteiger partial charge in [-0.15, -0.1) is 0 Å². The molecule has 3 unspecified atom stereocenters. The van der Waals surface area contributed by atoms with Crippen molar-refractivity contribution in [2.45, 2.75) is 32.4 Å². The highest BCUT2D eigenvalue weighted by atomic mass is 16.4. The fourth-order valence-electron chi connectivity index (χ4n) is 2.86. The first-order chi connectivity index (χ1) is 8.91. The third kappa shape index (κ3) is 2.51. The van der Waals surface area contributed by atoms with E-state index in [4.69, 9.17) is 0 Å². The summed E-state index contributed by atoms with van der Waals surface area (Å²) in [5.74, 6) is -0.733. The zero-order chi connectivity index (χ0) is 14.2. The van der Waals surface area contributed by atoms with E-state index in [2.05, 4.69) is 0 Å². The van der Waals surface area contributed by atoms with Crippen molar-refractivity contribution in [1.29, 1.82) is 0 Å². The summed E-state index contributed by atoms with van der Waals surface area (Å²) in [5.41, 5.74) is 0.637. The van der Waals surface area contributed by atoms with Crippen LogP contribution in [0.15, 0.2) is 18.2 Å². The number of phenolic OH excluding ortho intramolecular Hbond substituents is 2. The summed E-state index contributed by atoms with van der Waals surface area (Å²) in [7, 11) is 0. The third-order valence-corrected chi connectivity index (χ3v) is 3.95. The van der Waals surface area contributed by atoms with Crippen molar-refractivity contribution in [3.05, 3.63) is 23.8 Å². The van der Waals surface area contributed by atoms with Gasteiger partial charge in [0.2, 0.25) is 0 Å². The predicted molar refractivity (Wildman–Crippen MR) is 70.1 cm³/mol. The number of hydrogen-bond donors (Lipinski definition) is 3. The Morgan fingerprint density at radius 2 is 2.11 bits per heavy atom. The van der Waals surface area contributed by atoms with E-state index in [-0.39, 0.29) is 23.5 Å². The highest BCUT2D eigenvalue weighted by Gasteiger charge is 2.39. The Bertz CT molecular complexity index is 488. The van der Waals surface area contributed by atoms with Crippen molar-refractivity contribution in [2.24, 2.45) is 5.92 Å². The van der Waals surface area contributed by atoms with Crippen LogP contribution >= 0.6 is 0 Å². The van der Waals surface area contributed by atoms with Crippen LogP contribution in [0, 0.1) is 5.92 Å². The summed E-state index contributed by atoms with van der Waals surface area (Å²) >= 11 is 0. The SMILES string of the molecule is CC1CCN(C(C)c2ccc(O)cc2O)C1C(=O)O. The van der Waals surface area contributed by atoms with Crippen molar-refractivity contribution >= 4 is 5.97 Å². The Morgan fingerprint density at radius 3 is 2.68 bits per heavy atom. The molecule has 19 heavy (non-hydrogen) atoms. The molecule has 1 aromatic carbocycles. The van der Waals surface area contributed by atoms with Crippen LogP contribution in [0.5, 0.6) is 11.5 Å². The molecule has 2 rings (SSSR count). The monoisotopic (exact) mass is 265 g/mol. The van der Waals surface area contributed by atoms with Crippen molar-refractivity contribution in [2.75, 3.05) is 6.54 Å². The second-order valence-corrected chi connectivity index (χ2v) is 5.21. The van der Waals surface area contributed by atoms with Crippen molar-refractivity contribution in [1.82, 2.24) is 4.90 Å². The second kappa shape index (κ2) is 5.09. The first kappa shape index (κ1) is 13.7. The maximum atomic E-state index is 11.4. The standard InChI is InChI=1S/C14H19NO4/c1-8-5-6-15(13(8)14(18)19)9(2)11-4-3-10(16)7-12(11)17/h3-4,7-9,13,16-17H,5-6H2,1-2H3,(H,18,19). The Balaban J connectivity index is 2.28. The van der Waals surface area contributed by atoms with Gasteiger partial charge in [0, 0.05) is 17.7 Å². The maximum absolute atomic E-state index is 11.4. The van der Waals surface area contributed by atoms with Gasteiger partial charge in [0.15, 0.2) is 0 Å². The molecule has 0 saturated carbocycles. The number of likely N-dealkylation sites (tertiary alicyclic amines) is 1. The smallest absolute Gasteiger partial charge is 0.321 e. The Kier molecular flexibility index (Phi) is 3.66. The highest BCUT2D eigenvalue weighted by molar-refractivity contribution is 5.74. The highest BCUT2D eigenvalue weighted by Crippen LogP contribution is 2.36. The summed E-state index contributed by atoms with van der Waals surface area (Å²) in [6, 6.07) is 3.69. The van der Waals surface area contributed by atoms with E-state index < -0.39 is 12.0 Å². The molecule has 0 bridgehead atoms. The topological polar surface area (TPSA) is 81.0 Å². The Morgan fingerprint density at radius 1 is 1.42 bits per heavy atom. The van der Waals surface area contributed by atoms with Gasteiger partial charge in [0.1, 0.15) is 17.5 Å². The number of aromatic hydroxyl groups is 2. The van der Waals surface area contributed by atoms with Crippen molar-refractivity contribution in [3.8, 4) is 11.5 Å². The molecular weight excluding hydrogens is 246 g/mol. The molecule has 1 aliphatic rings. The van der Waals surface area contributed by atoms with Gasteiger partial charge in [0.05, 0.1) is 0 Å². The van der Waals surface area contributed by atoms with Gasteiger partial charge >= 0.3 is 5.97 Å². The number of carboxylic acids is 1. The molecule has 3 atom stereocenters. The zero-order valence-electron chi connectivity index (χ0n) is 11.1. The van der Waals surface area contributed by atoms with Gasteiger partial charge in [0.25, 0.3) is 0 Å². The predicted octanol–water partition coefficient (Wildman–Crippen LogP) is 1.95. The van der Waals surface area contributed by atoms with Gasteiger partial charge in [-0.3, -0.25) is 9.69 Å². The summed E-state index contributed by atoms with van der Waals surface area (Å²) in [4.78, 5) is 13.2. The largest absolute Gasteiger partial charge is 0.508 e. The molecule has 1 aromatic rings. The average Bonchev–Trinajstić information content (AvgIpc) is 2.70. The molecule has 1 fully saturated rings. The lowest BCUT2D eigenvalue weighted by Gasteiger charge is -2.30. The lowest BCUT2D eigenvalue weighted by Crippen LogP contribution is -2.40. The van der Waals surface area contributed by atoms with Crippen LogP contribution in [0.3, 0.4) is 0 Å². The van der Waals surface area contributed by atoms with E-state index in [9.17, 15) is 20.1 Å². The molecule has 5 nitrogen and oxygen atoms in total. The van der Waals surface area contributed by atoms with Crippen molar-refractivity contribution in [3.63, 3.8) is 0 Å². The molecule has 0 aliphatic carbocycles. The maximum Gasteiger partial charge on any atom is 0.321 e. The van der Waals surface area contributed by atoms with E-state index in [1.807, 2.05) is 18.7 Å². The normalized spacial score (nSPS) is 25.4. The number of carbonyl (C=O) groups is 1. The molecule has 1 aliphatic heterocycles. The molecule has 0 spiro atoms. The van der Waals surface area contributed by atoms with E-state index in [0.717, 1.165) is 6.42 Å². The summed E-state index contributed by atoms with van der Waals surface area (Å²) in [6.07, 6.45) is 0.833. The zero-order valence-corrected chi connectivity index (χ0v) is 11.1. The number of aliphatic carboxylic acids is 1. The minimum absolute atomic E-state index is 0.00183. The van der Waals surface area contributed by atoms with Crippen LogP contribution in [0.4, 0.5) is 0 Å². The molecule has 3 N–H and O–H groups in total. The van der Waals surface area contributed by atoms with Crippen LogP contribution in [-0.2, 0) is 4.79 Å². The molecule has 0 aromatic heterocycles. The van der Waals surface area contributed by atoms with E-state index >= 15 is 0 Å². The number of hydrogen-bond acceptors (Lipinski definition) is 4. The van der Waals surface area contributed by atoms with Crippen LogP contribution in [0.1, 0.15) is 31.9 Å². The first-order valence-electron chi connectivity index (χ1n) is 6.42. The van der Waals surface area contributed by atoms with Gasteiger partial charge in [-0.1, -0.05) is 13.0 Å². The number of phenols is 2. The van der Waals surface area contributed by atoms with E-state index in [1.54, 1.807) is 6.07 Å². The third-order valence-electron chi connectivity index (χ3n) is 3.95. The number of nitrogens with zero attached hydrogens (tertiary/aromatic N) is 1. The summed E-state index contributed by atoms with van der Waals surface area (Å²) in [5, 5.41) is 28.5. The van der Waals surface area contributed by atoms with Gasteiger partial charge in [-0.2, -0.15) is 0 Å². The van der Waals surface area contributed by atoms with Gasteiger partial charge in [-0.25, -0.2) is 0 Å². The fourth-order valence-corrected chi connectivity index (χ4v) is 2.86. The Labute approximate surface area is 112 Å². The van der Waals surface area contributed by atoms with Crippen LogP contribution in [0.25, 0.3) is 0 Å². The molecule has 5 heteroatoms. The lowest BCUT2D eigenvalue weighted by molar-refractivity contribution is -0.144. The molecule has 1 heterocycles. The average molecular weight is 265 g/mol. The Hall–Kier alpha value is -1.75. The van der Waals surface area contributed by atoms with Crippen molar-refractivity contribution < 1.29 is 20.1 Å². The van der Waals surface area contributed by atoms with Crippen LogP contribution in [-0.4, -0.2) is 38.8 Å². The van der Waals surface area contributed by atoms with Gasteiger partial charge < -0.3 is 15.3 Å². The van der Waals surface area contributed by atoms with E-state index in [0.29, 0.717) is 12.1 Å². The summed E-state index contributed by atoms with van der Waals surface area (Å²) in [6.45, 7) is 4.50. The molecule has 0 amide bonds. The molecule has 0 radical (unpaired) electrons. The quantitative estimate of drug-likeness (QED) is 0.778. The first-order valence-corrected chi connectivity index (χ1v) is 6.42. The summed E-state index contributed by atoms with van der Waals surface area (Å²) < 4.78 is 0. The van der Waals surface area contributed by atoms with Crippen LogP contribution < -0.4 is 0 Å². The number of carboxylic acid groups (broad SMARTS) is 1. The number of rotatable bonds is 3. The van der Waals surface area contributed by atoms with E-state index in [1.165, 1.54) is 12.1 Å².